The molecule has 0 spiro atoms. The van der Waals surface area contributed by atoms with E-state index in [1.54, 1.807) is 14.0 Å². The molecule has 0 heterocycles. The number of hydrogen-bond acceptors (Lipinski definition) is 8. The molecule has 0 rings (SSSR count). The summed E-state index contributed by atoms with van der Waals surface area (Å²) in [7, 11) is -4.54. The predicted molar refractivity (Wildman–Crippen MR) is 61.9 cm³/mol. The van der Waals surface area contributed by atoms with Crippen LogP contribution in [0.4, 0.5) is 0 Å². The Labute approximate surface area is 101 Å². The van der Waals surface area contributed by atoms with E-state index in [9.17, 15) is 13.0 Å². The Kier molecular flexibility index (Phi) is 11.3. The average Bonchev–Trinajstić information content (AvgIpc) is 2.27. The molecule has 0 aromatic heterocycles. The maximum Gasteiger partial charge on any atom is 0.397 e. The second kappa shape index (κ2) is 9.92. The first-order valence-electron chi connectivity index (χ1n) is 4.54. The van der Waals surface area contributed by atoms with Crippen LogP contribution in [0, 0.1) is 0 Å². The first-order valence-corrected chi connectivity index (χ1v) is 7.63. The van der Waals surface area contributed by atoms with Crippen LogP contribution in [-0.4, -0.2) is 46.4 Å². The van der Waals surface area contributed by atoms with Crippen LogP contribution >= 0.6 is 7.60 Å². The van der Waals surface area contributed by atoms with E-state index in [-0.39, 0.29) is 0 Å². The predicted octanol–water partition coefficient (Wildman–Crippen LogP) is -0.239. The van der Waals surface area contributed by atoms with Crippen LogP contribution < -0.4 is 11.2 Å². The van der Waals surface area contributed by atoms with E-state index in [0.29, 0.717) is 19.3 Å². The summed E-state index contributed by atoms with van der Waals surface area (Å²) in [6.45, 7) is 2.65. The Morgan fingerprint density at radius 1 is 1.47 bits per heavy atom. The maximum atomic E-state index is 11.3. The molecule has 4 N–H and O–H groups in total. The van der Waals surface area contributed by atoms with Gasteiger partial charge in [-0.05, 0) is 14.0 Å². The quantitative estimate of drug-likeness (QED) is 0.330. The average molecular weight is 294 g/mol. The summed E-state index contributed by atoms with van der Waals surface area (Å²) < 4.78 is 50.2. The highest BCUT2D eigenvalue weighted by Gasteiger charge is 2.21. The minimum absolute atomic E-state index is 0.299. The largest absolute Gasteiger partial charge is 0.397 e. The fourth-order valence-corrected chi connectivity index (χ4v) is 1.78. The molecule has 106 valence electrons. The van der Waals surface area contributed by atoms with E-state index < -0.39 is 18.0 Å². The second-order valence-electron chi connectivity index (χ2n) is 2.56. The molecule has 9 nitrogen and oxygen atoms in total. The molecule has 0 saturated heterocycles. The zero-order valence-electron chi connectivity index (χ0n) is 9.95. The second-order valence-corrected chi connectivity index (χ2v) is 5.88. The molecule has 0 aliphatic rings. The van der Waals surface area contributed by atoms with Crippen molar-refractivity contribution in [3.8, 4) is 0 Å². The highest BCUT2D eigenvalue weighted by Crippen LogP contribution is 2.45. The van der Waals surface area contributed by atoms with Gasteiger partial charge in [-0.1, -0.05) is 0 Å². The van der Waals surface area contributed by atoms with Gasteiger partial charge in [-0.25, -0.2) is 10.5 Å². The van der Waals surface area contributed by atoms with E-state index in [1.807, 2.05) is 0 Å². The topological polar surface area (TPSA) is 137 Å². The standard InChI is InChI=1S/C5H15N2O3P.CH4O4S/c1-3-9-11(8,10-6)5-4-7-2;1-5-6(2,3)4/h7H,3-6H2,1-2H3;1H3,(H,2,3,4). The van der Waals surface area contributed by atoms with Crippen molar-refractivity contribution < 1.29 is 30.9 Å². The summed E-state index contributed by atoms with van der Waals surface area (Å²) in [5, 5.41) is 2.83. The smallest absolute Gasteiger partial charge is 0.319 e. The van der Waals surface area contributed by atoms with Gasteiger partial charge in [-0.15, -0.1) is 0 Å². The third-order valence-electron chi connectivity index (χ3n) is 1.33. The van der Waals surface area contributed by atoms with Gasteiger partial charge in [-0.3, -0.25) is 13.3 Å². The van der Waals surface area contributed by atoms with Crippen LogP contribution in [0.2, 0.25) is 0 Å². The van der Waals surface area contributed by atoms with Crippen LogP contribution in [-0.2, 0) is 28.3 Å². The van der Waals surface area contributed by atoms with Gasteiger partial charge in [0.25, 0.3) is 0 Å². The summed E-state index contributed by atoms with van der Waals surface area (Å²) in [6.07, 6.45) is 0.299. The SMILES string of the molecule is CCOP(=O)(CCNC)ON.COS(=O)(=O)O. The molecule has 1 atom stereocenters. The van der Waals surface area contributed by atoms with Gasteiger partial charge in [-0.2, -0.15) is 8.42 Å². The first-order chi connectivity index (χ1) is 7.74. The van der Waals surface area contributed by atoms with Gasteiger partial charge < -0.3 is 9.84 Å². The zero-order chi connectivity index (χ0) is 13.9. The lowest BCUT2D eigenvalue weighted by Crippen LogP contribution is -2.15. The zero-order valence-corrected chi connectivity index (χ0v) is 11.7. The molecule has 0 radical (unpaired) electrons. The van der Waals surface area contributed by atoms with Gasteiger partial charge in [0.15, 0.2) is 0 Å². The molecule has 0 fully saturated rings. The molecule has 11 heteroatoms. The third kappa shape index (κ3) is 13.9. The van der Waals surface area contributed by atoms with E-state index in [0.717, 1.165) is 7.11 Å². The van der Waals surface area contributed by atoms with Crippen molar-refractivity contribution in [2.45, 2.75) is 6.92 Å². The Bertz CT molecular complexity index is 320. The van der Waals surface area contributed by atoms with Gasteiger partial charge in [0.05, 0.1) is 19.9 Å². The lowest BCUT2D eigenvalue weighted by Gasteiger charge is -2.13. The van der Waals surface area contributed by atoms with Crippen molar-refractivity contribution in [1.29, 1.82) is 0 Å². The lowest BCUT2D eigenvalue weighted by atomic mass is 10.8. The van der Waals surface area contributed by atoms with Gasteiger partial charge in [0.1, 0.15) is 0 Å². The Morgan fingerprint density at radius 3 is 2.18 bits per heavy atom. The lowest BCUT2D eigenvalue weighted by molar-refractivity contribution is 0.216. The molecule has 0 amide bonds. The normalized spacial score (nSPS) is 14.6. The fourth-order valence-electron chi connectivity index (χ4n) is 0.593. The highest BCUT2D eigenvalue weighted by atomic mass is 32.3. The van der Waals surface area contributed by atoms with E-state index in [2.05, 4.69) is 14.1 Å². The van der Waals surface area contributed by atoms with Crippen molar-refractivity contribution in [3.63, 3.8) is 0 Å². The monoisotopic (exact) mass is 294 g/mol. The molecule has 0 aliphatic carbocycles. The Morgan fingerprint density at radius 2 is 1.94 bits per heavy atom. The summed E-state index contributed by atoms with van der Waals surface area (Å²) in [6, 6.07) is 0. The molecule has 0 aromatic rings. The van der Waals surface area contributed by atoms with Crippen molar-refractivity contribution >= 4 is 18.0 Å². The van der Waals surface area contributed by atoms with Crippen molar-refractivity contribution in [2.24, 2.45) is 5.90 Å². The molecule has 0 bridgehead atoms. The van der Waals surface area contributed by atoms with Gasteiger partial charge in [0.2, 0.25) is 0 Å². The van der Waals surface area contributed by atoms with E-state index in [1.165, 1.54) is 0 Å². The summed E-state index contributed by atoms with van der Waals surface area (Å²) in [5.74, 6) is 4.82. The maximum absolute atomic E-state index is 11.3. The van der Waals surface area contributed by atoms with Crippen LogP contribution in [0.3, 0.4) is 0 Å². The molecular weight excluding hydrogens is 275 g/mol. The number of rotatable bonds is 7. The van der Waals surface area contributed by atoms with E-state index >= 15 is 0 Å². The van der Waals surface area contributed by atoms with Crippen LogP contribution in [0.5, 0.6) is 0 Å². The van der Waals surface area contributed by atoms with Crippen molar-refractivity contribution in [2.75, 3.05) is 33.5 Å². The highest BCUT2D eigenvalue weighted by molar-refractivity contribution is 7.80. The van der Waals surface area contributed by atoms with Crippen molar-refractivity contribution in [1.82, 2.24) is 5.32 Å². The van der Waals surface area contributed by atoms with Gasteiger partial charge >= 0.3 is 18.0 Å². The molecule has 17 heavy (non-hydrogen) atoms. The molecular formula is C6H19N2O7PS. The minimum Gasteiger partial charge on any atom is -0.319 e. The third-order valence-corrected chi connectivity index (χ3v) is 3.50. The molecule has 1 unspecified atom stereocenters. The summed E-state index contributed by atoms with van der Waals surface area (Å²) in [4.78, 5) is 0. The number of nitrogens with two attached hydrogens (primary N) is 1. The summed E-state index contributed by atoms with van der Waals surface area (Å²) >= 11 is 0. The van der Waals surface area contributed by atoms with Crippen LogP contribution in [0.25, 0.3) is 0 Å². The van der Waals surface area contributed by atoms with Crippen LogP contribution in [0.15, 0.2) is 0 Å². The molecule has 0 aliphatic heterocycles. The molecule has 0 aromatic carbocycles. The summed E-state index contributed by atoms with van der Waals surface area (Å²) in [5.41, 5.74) is 0. The van der Waals surface area contributed by atoms with E-state index in [4.69, 9.17) is 15.0 Å². The van der Waals surface area contributed by atoms with Crippen LogP contribution in [0.1, 0.15) is 6.92 Å². The number of nitrogens with one attached hydrogen (secondary N) is 1. The number of hydrogen-bond donors (Lipinski definition) is 3. The van der Waals surface area contributed by atoms with Gasteiger partial charge in [0, 0.05) is 6.54 Å². The van der Waals surface area contributed by atoms with Crippen molar-refractivity contribution in [3.05, 3.63) is 0 Å². The first kappa shape index (κ1) is 19.3. The Balaban J connectivity index is 0. The molecule has 0 saturated carbocycles. The minimum atomic E-state index is -4.16. The fraction of sp³-hybridized carbons (Fsp3) is 1.00. The Hall–Kier alpha value is -0.0600.